The number of rotatable bonds is 6. The van der Waals surface area contributed by atoms with Crippen LogP contribution in [0.15, 0.2) is 47.4 Å². The monoisotopic (exact) mass is 435 g/mol. The normalized spacial score (nSPS) is 11.6. The van der Waals surface area contributed by atoms with Crippen molar-refractivity contribution in [3.05, 3.63) is 48.0 Å². The van der Waals surface area contributed by atoms with Crippen LogP contribution in [0.5, 0.6) is 11.5 Å². The highest BCUT2D eigenvalue weighted by Gasteiger charge is 2.30. The zero-order valence-electron chi connectivity index (χ0n) is 14.6. The second-order valence-corrected chi connectivity index (χ2v) is 7.34. The molecule has 2 aromatic rings. The first-order valence-corrected chi connectivity index (χ1v) is 9.44. The lowest BCUT2D eigenvalue weighted by atomic mass is 10.2. The number of benzene rings is 2. The van der Waals surface area contributed by atoms with Crippen molar-refractivity contribution < 1.29 is 31.1 Å². The molecule has 28 heavy (non-hydrogen) atoms. The van der Waals surface area contributed by atoms with Crippen molar-refractivity contribution in [3.8, 4) is 11.5 Å². The van der Waals surface area contributed by atoms with Crippen molar-refractivity contribution in [1.29, 1.82) is 0 Å². The summed E-state index contributed by atoms with van der Waals surface area (Å²) < 4.78 is 73.2. The highest BCUT2D eigenvalue weighted by molar-refractivity contribution is 7.89. The number of nitrogens with one attached hydrogen (secondary N) is 3. The second-order valence-electron chi connectivity index (χ2n) is 5.28. The quantitative estimate of drug-likeness (QED) is 0.475. The third kappa shape index (κ3) is 5.47. The molecule has 12 heteroatoms. The van der Waals surface area contributed by atoms with Crippen molar-refractivity contribution in [2.45, 2.75) is 11.1 Å². The van der Waals surface area contributed by atoms with E-state index in [-0.39, 0.29) is 27.2 Å². The average molecular weight is 435 g/mol. The first kappa shape index (κ1) is 21.7. The lowest BCUT2D eigenvalue weighted by molar-refractivity contribution is -0.137. The Labute approximate surface area is 164 Å². The molecule has 2 rings (SSSR count). The van der Waals surface area contributed by atoms with Crippen molar-refractivity contribution in [3.63, 3.8) is 0 Å². The summed E-state index contributed by atoms with van der Waals surface area (Å²) in [5.74, 6) is 0.345. The average Bonchev–Trinajstić information content (AvgIpc) is 2.65. The standard InChI is InChI=1S/C16H16F3N3O4S2/c1-25-12-6-7-13(26-2)14(9-12)28(23,24)22-21-15(27)20-11-5-3-4-10(8-11)16(17,18)19/h3-9,22H,1-2H3,(H2,20,21,27). The molecule has 152 valence electrons. The van der Waals surface area contributed by atoms with Crippen LogP contribution < -0.4 is 25.0 Å². The summed E-state index contributed by atoms with van der Waals surface area (Å²) in [6, 6.07) is 8.46. The predicted molar refractivity (Wildman–Crippen MR) is 101 cm³/mol. The molecule has 0 aliphatic carbocycles. The number of hydrogen-bond acceptors (Lipinski definition) is 5. The Morgan fingerprint density at radius 3 is 2.39 bits per heavy atom. The number of thiocarbonyl (C=S) groups is 1. The highest BCUT2D eigenvalue weighted by Crippen LogP contribution is 2.30. The summed E-state index contributed by atoms with van der Waals surface area (Å²) in [6.07, 6.45) is -4.52. The lowest BCUT2D eigenvalue weighted by Gasteiger charge is -2.15. The number of ether oxygens (including phenoxy) is 2. The van der Waals surface area contributed by atoms with Crippen LogP contribution in [0.4, 0.5) is 18.9 Å². The van der Waals surface area contributed by atoms with Gasteiger partial charge in [-0.3, -0.25) is 5.43 Å². The van der Waals surface area contributed by atoms with E-state index in [0.717, 1.165) is 12.1 Å². The number of alkyl halides is 3. The first-order valence-electron chi connectivity index (χ1n) is 7.55. The molecule has 0 saturated heterocycles. The summed E-state index contributed by atoms with van der Waals surface area (Å²) in [6.45, 7) is 0. The number of hydrogen-bond donors (Lipinski definition) is 3. The van der Waals surface area contributed by atoms with Crippen molar-refractivity contribution >= 4 is 33.0 Å². The molecule has 0 atom stereocenters. The summed E-state index contributed by atoms with van der Waals surface area (Å²) in [4.78, 5) is 1.81. The van der Waals surface area contributed by atoms with Crippen molar-refractivity contribution in [2.75, 3.05) is 19.5 Å². The molecule has 0 fully saturated rings. The zero-order valence-corrected chi connectivity index (χ0v) is 16.3. The van der Waals surface area contributed by atoms with Gasteiger partial charge in [-0.25, -0.2) is 8.42 Å². The van der Waals surface area contributed by atoms with E-state index in [1.807, 2.05) is 4.83 Å². The minimum Gasteiger partial charge on any atom is -0.497 e. The van der Waals surface area contributed by atoms with Crippen LogP contribution in [0.25, 0.3) is 0 Å². The second kappa shape index (κ2) is 8.63. The van der Waals surface area contributed by atoms with E-state index in [9.17, 15) is 21.6 Å². The van der Waals surface area contributed by atoms with Gasteiger partial charge >= 0.3 is 6.18 Å². The van der Waals surface area contributed by atoms with Gasteiger partial charge in [0.05, 0.1) is 19.8 Å². The SMILES string of the molecule is COc1ccc(OC)c(S(=O)(=O)NNC(=S)Nc2cccc(C(F)(F)F)c2)c1. The van der Waals surface area contributed by atoms with Crippen LogP contribution in [0.1, 0.15) is 5.56 Å². The third-order valence-electron chi connectivity index (χ3n) is 3.41. The molecule has 0 aromatic heterocycles. The Morgan fingerprint density at radius 2 is 1.79 bits per heavy atom. The summed E-state index contributed by atoms with van der Waals surface area (Å²) in [7, 11) is -1.46. The van der Waals surface area contributed by atoms with Gasteiger partial charge < -0.3 is 14.8 Å². The molecule has 0 amide bonds. The van der Waals surface area contributed by atoms with Gasteiger partial charge in [0.15, 0.2) is 5.11 Å². The maximum absolute atomic E-state index is 12.7. The summed E-state index contributed by atoms with van der Waals surface area (Å²) >= 11 is 4.91. The minimum absolute atomic E-state index is 0.0329. The Balaban J connectivity index is 2.10. The molecule has 0 spiro atoms. The van der Waals surface area contributed by atoms with Gasteiger partial charge in [0, 0.05) is 11.8 Å². The van der Waals surface area contributed by atoms with Crippen LogP contribution in [-0.4, -0.2) is 27.7 Å². The number of hydrazine groups is 1. The molecule has 2 aromatic carbocycles. The van der Waals surface area contributed by atoms with Gasteiger partial charge in [0.1, 0.15) is 16.4 Å². The first-order chi connectivity index (χ1) is 13.1. The fourth-order valence-corrected chi connectivity index (χ4v) is 3.37. The molecule has 3 N–H and O–H groups in total. The van der Waals surface area contributed by atoms with Gasteiger partial charge in [0.2, 0.25) is 0 Å². The molecular formula is C16H16F3N3O4S2. The fraction of sp³-hybridized carbons (Fsp3) is 0.188. The van der Waals surface area contributed by atoms with Crippen molar-refractivity contribution in [2.24, 2.45) is 0 Å². The van der Waals surface area contributed by atoms with Crippen LogP contribution in [0.3, 0.4) is 0 Å². The van der Waals surface area contributed by atoms with Crippen LogP contribution in [-0.2, 0) is 16.2 Å². The van der Waals surface area contributed by atoms with Crippen LogP contribution in [0.2, 0.25) is 0 Å². The molecule has 0 aliphatic heterocycles. The lowest BCUT2D eigenvalue weighted by Crippen LogP contribution is -2.43. The van der Waals surface area contributed by atoms with Crippen LogP contribution in [0, 0.1) is 0 Å². The van der Waals surface area contributed by atoms with Gasteiger partial charge in [-0.1, -0.05) is 6.07 Å². The molecule has 0 saturated carbocycles. The van der Waals surface area contributed by atoms with E-state index in [4.69, 9.17) is 21.7 Å². The number of sulfonamides is 1. The molecule has 0 unspecified atom stereocenters. The van der Waals surface area contributed by atoms with E-state index in [2.05, 4.69) is 10.7 Å². The molecular weight excluding hydrogens is 419 g/mol. The topological polar surface area (TPSA) is 88.7 Å². The van der Waals surface area contributed by atoms with E-state index >= 15 is 0 Å². The Kier molecular flexibility index (Phi) is 6.69. The largest absolute Gasteiger partial charge is 0.497 e. The summed E-state index contributed by atoms with van der Waals surface area (Å²) in [5.41, 5.74) is 1.38. The Bertz CT molecular complexity index is 966. The fourth-order valence-electron chi connectivity index (χ4n) is 2.10. The maximum Gasteiger partial charge on any atom is 0.416 e. The Hall–Kier alpha value is -2.57. The molecule has 0 radical (unpaired) electrons. The number of halogens is 3. The molecule has 7 nitrogen and oxygen atoms in total. The van der Waals surface area contributed by atoms with Gasteiger partial charge in [-0.2, -0.15) is 13.2 Å². The highest BCUT2D eigenvalue weighted by atomic mass is 32.2. The maximum atomic E-state index is 12.7. The minimum atomic E-state index is -4.52. The zero-order chi connectivity index (χ0) is 20.9. The van der Waals surface area contributed by atoms with Gasteiger partial charge in [0.25, 0.3) is 10.0 Å². The van der Waals surface area contributed by atoms with E-state index < -0.39 is 21.8 Å². The van der Waals surface area contributed by atoms with Crippen molar-refractivity contribution in [1.82, 2.24) is 10.3 Å². The Morgan fingerprint density at radius 1 is 1.07 bits per heavy atom. The predicted octanol–water partition coefficient (Wildman–Crippen LogP) is 2.90. The number of methoxy groups -OCH3 is 2. The van der Waals surface area contributed by atoms with Gasteiger partial charge in [-0.15, -0.1) is 4.83 Å². The molecule has 0 aliphatic rings. The van der Waals surface area contributed by atoms with E-state index in [1.165, 1.54) is 44.6 Å². The van der Waals surface area contributed by atoms with Gasteiger partial charge in [-0.05, 0) is 42.5 Å². The van der Waals surface area contributed by atoms with E-state index in [0.29, 0.717) is 0 Å². The molecule has 0 bridgehead atoms. The van der Waals surface area contributed by atoms with Crippen LogP contribution >= 0.6 is 12.2 Å². The van der Waals surface area contributed by atoms with E-state index in [1.54, 1.807) is 0 Å². The smallest absolute Gasteiger partial charge is 0.416 e. The third-order valence-corrected chi connectivity index (χ3v) is 4.88. The summed E-state index contributed by atoms with van der Waals surface area (Å²) in [5, 5.41) is 2.21. The number of anilines is 1. The molecule has 0 heterocycles.